The average molecular weight is 417 g/mol. The van der Waals surface area contributed by atoms with Crippen molar-refractivity contribution in [2.24, 2.45) is 0 Å². The molecule has 0 radical (unpaired) electrons. The van der Waals surface area contributed by atoms with Gasteiger partial charge in [-0.1, -0.05) is 46.3 Å². The lowest BCUT2D eigenvalue weighted by Gasteiger charge is -2.29. The molecule has 0 aliphatic carbocycles. The smallest absolute Gasteiger partial charge is 0.265 e. The molecule has 1 atom stereocenters. The molecule has 0 aromatic heterocycles. The van der Waals surface area contributed by atoms with Crippen LogP contribution in [-0.2, 0) is 16.0 Å². The second-order valence-electron chi connectivity index (χ2n) is 6.37. The van der Waals surface area contributed by atoms with Gasteiger partial charge in [-0.05, 0) is 43.5 Å². The van der Waals surface area contributed by atoms with Crippen LogP contribution in [0.2, 0.25) is 0 Å². The lowest BCUT2D eigenvalue weighted by Crippen LogP contribution is -2.46. The number of carbonyl (C=O) groups is 2. The van der Waals surface area contributed by atoms with Crippen molar-refractivity contribution in [3.63, 3.8) is 0 Å². The molecule has 5 nitrogen and oxygen atoms in total. The molecule has 0 unspecified atom stereocenters. The Morgan fingerprint density at radius 1 is 1.27 bits per heavy atom. The van der Waals surface area contributed by atoms with E-state index in [0.717, 1.165) is 17.3 Å². The van der Waals surface area contributed by atoms with E-state index >= 15 is 0 Å². The zero-order valence-corrected chi connectivity index (χ0v) is 16.2. The number of anilines is 1. The maximum absolute atomic E-state index is 12.4. The molecule has 136 valence electrons. The van der Waals surface area contributed by atoms with Gasteiger partial charge in [0.05, 0.1) is 5.69 Å². The molecule has 0 saturated heterocycles. The molecular weight excluding hydrogens is 396 g/mol. The van der Waals surface area contributed by atoms with Crippen molar-refractivity contribution < 1.29 is 14.3 Å². The quantitative estimate of drug-likeness (QED) is 0.785. The van der Waals surface area contributed by atoms with Crippen LogP contribution in [0.3, 0.4) is 0 Å². The number of aryl methyl sites for hydroxylation is 1. The fourth-order valence-corrected chi connectivity index (χ4v) is 3.26. The first-order valence-corrected chi connectivity index (χ1v) is 9.38. The van der Waals surface area contributed by atoms with Crippen molar-refractivity contribution in [3.8, 4) is 5.75 Å². The third-order valence-electron chi connectivity index (χ3n) is 4.28. The molecular formula is C20H21BrN2O3. The Bertz CT molecular complexity index is 795. The molecule has 1 heterocycles. The van der Waals surface area contributed by atoms with Crippen molar-refractivity contribution in [1.82, 2.24) is 5.32 Å². The number of hydrogen-bond acceptors (Lipinski definition) is 3. The minimum atomic E-state index is -0.216. The van der Waals surface area contributed by atoms with Crippen molar-refractivity contribution in [2.75, 3.05) is 18.1 Å². The lowest BCUT2D eigenvalue weighted by atomic mass is 10.1. The van der Waals surface area contributed by atoms with E-state index in [1.54, 1.807) is 12.1 Å². The van der Waals surface area contributed by atoms with Gasteiger partial charge in [-0.15, -0.1) is 0 Å². The van der Waals surface area contributed by atoms with E-state index in [9.17, 15) is 9.59 Å². The predicted octanol–water partition coefficient (Wildman–Crippen LogP) is 3.31. The molecule has 2 aromatic rings. The molecule has 0 fully saturated rings. The first-order valence-electron chi connectivity index (χ1n) is 8.59. The van der Waals surface area contributed by atoms with Gasteiger partial charge in [-0.2, -0.15) is 0 Å². The number of nitrogens with one attached hydrogen (secondary N) is 1. The zero-order chi connectivity index (χ0) is 18.5. The van der Waals surface area contributed by atoms with Crippen LogP contribution in [0.1, 0.15) is 18.9 Å². The van der Waals surface area contributed by atoms with Gasteiger partial charge in [0, 0.05) is 10.5 Å². The standard InChI is InChI=1S/C20H21BrN2O3/c1-14(7-8-15-5-3-2-4-6-15)22-19(24)12-23-17-10-9-16(21)11-18(17)26-13-20(23)25/h2-6,9-11,14H,7-8,12-13H2,1H3,(H,22,24)/t14-/m1/s1. The summed E-state index contributed by atoms with van der Waals surface area (Å²) in [6, 6.07) is 15.6. The monoisotopic (exact) mass is 416 g/mol. The van der Waals surface area contributed by atoms with E-state index in [2.05, 4.69) is 33.4 Å². The number of amides is 2. The van der Waals surface area contributed by atoms with E-state index in [1.807, 2.05) is 31.2 Å². The second-order valence-corrected chi connectivity index (χ2v) is 7.29. The van der Waals surface area contributed by atoms with Crippen molar-refractivity contribution in [1.29, 1.82) is 0 Å². The molecule has 0 saturated carbocycles. The highest BCUT2D eigenvalue weighted by atomic mass is 79.9. The maximum Gasteiger partial charge on any atom is 0.265 e. The van der Waals surface area contributed by atoms with Crippen molar-refractivity contribution in [2.45, 2.75) is 25.8 Å². The van der Waals surface area contributed by atoms with Gasteiger partial charge in [0.1, 0.15) is 12.3 Å². The molecule has 26 heavy (non-hydrogen) atoms. The molecule has 6 heteroatoms. The SMILES string of the molecule is C[C@H](CCc1ccccc1)NC(=O)CN1C(=O)COc2cc(Br)ccc21. The number of fused-ring (bicyclic) bond motifs is 1. The van der Waals surface area contributed by atoms with E-state index in [1.165, 1.54) is 10.5 Å². The minimum Gasteiger partial charge on any atom is -0.482 e. The van der Waals surface area contributed by atoms with Gasteiger partial charge in [0.25, 0.3) is 5.91 Å². The van der Waals surface area contributed by atoms with Crippen LogP contribution in [-0.4, -0.2) is 31.0 Å². The summed E-state index contributed by atoms with van der Waals surface area (Å²) in [5, 5.41) is 2.98. The number of rotatable bonds is 6. The van der Waals surface area contributed by atoms with Crippen LogP contribution in [0.5, 0.6) is 5.75 Å². The Labute approximate surface area is 161 Å². The summed E-state index contributed by atoms with van der Waals surface area (Å²) in [5.74, 6) is 0.213. The maximum atomic E-state index is 12.4. The lowest BCUT2D eigenvalue weighted by molar-refractivity contribution is -0.125. The van der Waals surface area contributed by atoms with Crippen LogP contribution >= 0.6 is 15.9 Å². The van der Waals surface area contributed by atoms with E-state index in [4.69, 9.17) is 4.74 Å². The van der Waals surface area contributed by atoms with Crippen LogP contribution in [0.15, 0.2) is 53.0 Å². The van der Waals surface area contributed by atoms with E-state index in [-0.39, 0.29) is 31.0 Å². The van der Waals surface area contributed by atoms with Gasteiger partial charge in [0.2, 0.25) is 5.91 Å². The second kappa shape index (κ2) is 8.36. The third-order valence-corrected chi connectivity index (χ3v) is 4.78. The van der Waals surface area contributed by atoms with Crippen molar-refractivity contribution >= 4 is 33.4 Å². The molecule has 0 bridgehead atoms. The third kappa shape index (κ3) is 4.64. The molecule has 3 rings (SSSR count). The normalized spacial score (nSPS) is 14.4. The number of nitrogens with zero attached hydrogens (tertiary/aromatic N) is 1. The number of halogens is 1. The predicted molar refractivity (Wildman–Crippen MR) is 104 cm³/mol. The summed E-state index contributed by atoms with van der Waals surface area (Å²) in [6.45, 7) is 1.92. The van der Waals surface area contributed by atoms with E-state index < -0.39 is 0 Å². The van der Waals surface area contributed by atoms with Crippen molar-refractivity contribution in [3.05, 3.63) is 58.6 Å². The van der Waals surface area contributed by atoms with Gasteiger partial charge < -0.3 is 10.1 Å². The van der Waals surface area contributed by atoms with Gasteiger partial charge in [-0.3, -0.25) is 14.5 Å². The highest BCUT2D eigenvalue weighted by Gasteiger charge is 2.27. The fourth-order valence-electron chi connectivity index (χ4n) is 2.92. The molecule has 1 N–H and O–H groups in total. The highest BCUT2D eigenvalue weighted by molar-refractivity contribution is 9.10. The van der Waals surface area contributed by atoms with Crippen LogP contribution in [0.25, 0.3) is 0 Å². The van der Waals surface area contributed by atoms with Crippen LogP contribution < -0.4 is 15.0 Å². The molecule has 1 aliphatic rings. The summed E-state index contributed by atoms with van der Waals surface area (Å²) in [4.78, 5) is 26.1. The summed E-state index contributed by atoms with van der Waals surface area (Å²) < 4.78 is 6.31. The number of benzene rings is 2. The Balaban J connectivity index is 1.57. The van der Waals surface area contributed by atoms with Gasteiger partial charge in [0.15, 0.2) is 6.61 Å². The number of hydrogen-bond donors (Lipinski definition) is 1. The Hall–Kier alpha value is -2.34. The first kappa shape index (κ1) is 18.5. The van der Waals surface area contributed by atoms with E-state index in [0.29, 0.717) is 11.4 Å². The molecule has 2 aromatic carbocycles. The summed E-state index contributed by atoms with van der Waals surface area (Å²) in [7, 11) is 0. The molecule has 0 spiro atoms. The number of ether oxygens (including phenoxy) is 1. The largest absolute Gasteiger partial charge is 0.482 e. The summed E-state index contributed by atoms with van der Waals surface area (Å²) in [6.07, 6.45) is 1.74. The Kier molecular flexibility index (Phi) is 5.93. The average Bonchev–Trinajstić information content (AvgIpc) is 2.63. The summed E-state index contributed by atoms with van der Waals surface area (Å²) >= 11 is 3.38. The Morgan fingerprint density at radius 2 is 2.04 bits per heavy atom. The Morgan fingerprint density at radius 3 is 2.81 bits per heavy atom. The first-order chi connectivity index (χ1) is 12.5. The zero-order valence-electron chi connectivity index (χ0n) is 14.6. The molecule has 1 aliphatic heterocycles. The fraction of sp³-hybridized carbons (Fsp3) is 0.300. The highest BCUT2D eigenvalue weighted by Crippen LogP contribution is 2.34. The van der Waals surface area contributed by atoms with Gasteiger partial charge >= 0.3 is 0 Å². The van der Waals surface area contributed by atoms with Crippen LogP contribution in [0.4, 0.5) is 5.69 Å². The van der Waals surface area contributed by atoms with Gasteiger partial charge in [-0.25, -0.2) is 0 Å². The number of carbonyl (C=O) groups excluding carboxylic acids is 2. The van der Waals surface area contributed by atoms with Crippen LogP contribution in [0, 0.1) is 0 Å². The minimum absolute atomic E-state index is 0.00744. The topological polar surface area (TPSA) is 58.6 Å². The summed E-state index contributed by atoms with van der Waals surface area (Å²) in [5.41, 5.74) is 1.87. The molecule has 2 amide bonds.